The Morgan fingerprint density at radius 2 is 1.83 bits per heavy atom. The molecule has 0 amide bonds. The number of ether oxygens (including phenoxy) is 1. The number of fused-ring (bicyclic) bond motifs is 1. The largest absolute Gasteiger partial charge is 0.495 e. The first-order valence-corrected chi connectivity index (χ1v) is 11.8. The normalized spacial score (nSPS) is 11.7. The fraction of sp³-hybridized carbons (Fsp3) is 0.130. The molecule has 0 bridgehead atoms. The summed E-state index contributed by atoms with van der Waals surface area (Å²) < 4.78 is 34.1. The van der Waals surface area contributed by atoms with Crippen molar-refractivity contribution in [1.82, 2.24) is 4.98 Å². The number of nitro benzene ring substituents is 1. The average molecular weight is 496 g/mol. The number of hydrogen-bond donors (Lipinski definition) is 3. The molecule has 12 heteroatoms. The van der Waals surface area contributed by atoms with Gasteiger partial charge in [-0.2, -0.15) is 0 Å². The van der Waals surface area contributed by atoms with Crippen molar-refractivity contribution >= 4 is 43.7 Å². The molecule has 0 saturated carbocycles. The van der Waals surface area contributed by atoms with Crippen molar-refractivity contribution in [3.8, 4) is 11.6 Å². The smallest absolute Gasteiger partial charge is 0.270 e. The van der Waals surface area contributed by atoms with Gasteiger partial charge in [0, 0.05) is 17.5 Å². The molecule has 0 fully saturated rings. The summed E-state index contributed by atoms with van der Waals surface area (Å²) in [6.45, 7) is 3.76. The number of aromatic amines is 1. The minimum Gasteiger partial charge on any atom is -0.495 e. The number of methoxy groups -OCH3 is 1. The van der Waals surface area contributed by atoms with Crippen LogP contribution in [0.25, 0.3) is 10.9 Å². The second-order valence-electron chi connectivity index (χ2n) is 7.74. The Labute approximate surface area is 200 Å². The Balaban J connectivity index is 1.83. The zero-order valence-corrected chi connectivity index (χ0v) is 19.8. The number of nitrogens with zero attached hydrogens (tertiary/aromatic N) is 3. The van der Waals surface area contributed by atoms with Crippen LogP contribution in [-0.2, 0) is 10.0 Å². The number of benzene rings is 3. The zero-order chi connectivity index (χ0) is 25.3. The predicted molar refractivity (Wildman–Crippen MR) is 131 cm³/mol. The number of azo groups is 1. The van der Waals surface area contributed by atoms with Crippen molar-refractivity contribution in [2.24, 2.45) is 10.2 Å². The van der Waals surface area contributed by atoms with Crippen LogP contribution in [0.2, 0.25) is 0 Å². The van der Waals surface area contributed by atoms with Crippen LogP contribution in [0.4, 0.5) is 22.7 Å². The number of aromatic hydroxyl groups is 1. The van der Waals surface area contributed by atoms with Gasteiger partial charge in [-0.1, -0.05) is 23.8 Å². The maximum atomic E-state index is 13.2. The number of aryl methyl sites for hydroxylation is 2. The fourth-order valence-corrected chi connectivity index (χ4v) is 4.90. The Hall–Kier alpha value is -4.45. The summed E-state index contributed by atoms with van der Waals surface area (Å²) in [5.74, 6) is 0.0232. The van der Waals surface area contributed by atoms with E-state index in [-0.39, 0.29) is 28.7 Å². The highest BCUT2D eigenvalue weighted by Crippen LogP contribution is 2.39. The molecular weight excluding hydrogens is 474 g/mol. The predicted octanol–water partition coefficient (Wildman–Crippen LogP) is 5.62. The van der Waals surface area contributed by atoms with Gasteiger partial charge in [-0.25, -0.2) is 8.42 Å². The van der Waals surface area contributed by atoms with Crippen LogP contribution in [-0.4, -0.2) is 30.5 Å². The molecule has 0 aliphatic carbocycles. The zero-order valence-electron chi connectivity index (χ0n) is 18.9. The molecule has 0 radical (unpaired) electrons. The van der Waals surface area contributed by atoms with E-state index < -0.39 is 25.5 Å². The third-order valence-corrected chi connectivity index (χ3v) is 6.65. The average Bonchev–Trinajstić information content (AvgIpc) is 3.13. The number of aromatic nitrogens is 1. The molecule has 0 aliphatic rings. The lowest BCUT2D eigenvalue weighted by Crippen LogP contribution is -2.14. The number of hydrogen-bond acceptors (Lipinski definition) is 8. The van der Waals surface area contributed by atoms with Crippen LogP contribution in [0.1, 0.15) is 11.1 Å². The molecular formula is C23H21N5O6S. The van der Waals surface area contributed by atoms with Gasteiger partial charge in [-0.3, -0.25) is 14.8 Å². The van der Waals surface area contributed by atoms with Gasteiger partial charge in [0.2, 0.25) is 5.88 Å². The summed E-state index contributed by atoms with van der Waals surface area (Å²) in [6, 6.07) is 13.3. The minimum atomic E-state index is -4.35. The van der Waals surface area contributed by atoms with E-state index in [1.54, 1.807) is 18.2 Å². The van der Waals surface area contributed by atoms with E-state index >= 15 is 0 Å². The molecule has 4 rings (SSSR count). The summed E-state index contributed by atoms with van der Waals surface area (Å²) in [4.78, 5) is 13.0. The van der Waals surface area contributed by atoms with Crippen LogP contribution >= 0.6 is 0 Å². The Morgan fingerprint density at radius 3 is 2.54 bits per heavy atom. The molecule has 3 N–H and O–H groups in total. The van der Waals surface area contributed by atoms with Crippen LogP contribution in [0.5, 0.6) is 11.6 Å². The number of non-ortho nitro benzene ring substituents is 1. The van der Waals surface area contributed by atoms with E-state index in [0.717, 1.165) is 23.3 Å². The number of anilines is 1. The maximum absolute atomic E-state index is 13.2. The molecule has 1 aromatic heterocycles. The van der Waals surface area contributed by atoms with Gasteiger partial charge in [-0.15, -0.1) is 10.2 Å². The molecule has 0 unspecified atom stereocenters. The van der Waals surface area contributed by atoms with E-state index in [1.165, 1.54) is 19.2 Å². The van der Waals surface area contributed by atoms with Crippen molar-refractivity contribution in [2.75, 3.05) is 11.8 Å². The Bertz CT molecular complexity index is 1590. The molecule has 3 aromatic carbocycles. The van der Waals surface area contributed by atoms with Crippen LogP contribution < -0.4 is 9.46 Å². The lowest BCUT2D eigenvalue weighted by atomic mass is 10.1. The highest BCUT2D eigenvalue weighted by molar-refractivity contribution is 7.92. The second-order valence-corrected chi connectivity index (χ2v) is 9.39. The number of nitrogens with one attached hydrogen (secondary N) is 2. The highest BCUT2D eigenvalue weighted by Gasteiger charge is 2.24. The van der Waals surface area contributed by atoms with Gasteiger partial charge in [0.05, 0.1) is 23.2 Å². The Kier molecular flexibility index (Phi) is 6.14. The lowest BCUT2D eigenvalue weighted by Gasteiger charge is -2.12. The van der Waals surface area contributed by atoms with Gasteiger partial charge in [-0.05, 0) is 43.7 Å². The van der Waals surface area contributed by atoms with Crippen LogP contribution in [0, 0.1) is 24.0 Å². The molecule has 35 heavy (non-hydrogen) atoms. The fourth-order valence-electron chi connectivity index (χ4n) is 3.67. The third kappa shape index (κ3) is 4.64. The first-order valence-electron chi connectivity index (χ1n) is 10.3. The van der Waals surface area contributed by atoms with E-state index in [2.05, 4.69) is 19.9 Å². The second kappa shape index (κ2) is 9.06. The van der Waals surface area contributed by atoms with Crippen molar-refractivity contribution in [3.05, 3.63) is 75.8 Å². The van der Waals surface area contributed by atoms with Gasteiger partial charge in [0.25, 0.3) is 15.7 Å². The van der Waals surface area contributed by atoms with E-state index in [1.807, 2.05) is 26.0 Å². The summed E-state index contributed by atoms with van der Waals surface area (Å²) in [6.07, 6.45) is 0. The van der Waals surface area contributed by atoms with Gasteiger partial charge in [0.15, 0.2) is 5.69 Å². The third-order valence-electron chi connectivity index (χ3n) is 5.26. The first-order chi connectivity index (χ1) is 16.6. The topological polar surface area (TPSA) is 159 Å². The summed E-state index contributed by atoms with van der Waals surface area (Å²) in [5, 5.41) is 30.4. The van der Waals surface area contributed by atoms with E-state index in [0.29, 0.717) is 10.9 Å². The van der Waals surface area contributed by atoms with Crippen molar-refractivity contribution in [3.63, 3.8) is 0 Å². The number of rotatable bonds is 7. The SMILES string of the molecule is COc1ccccc1NS(=O)(=O)c1cc([N+](=O)[O-])ccc1N=Nc1c(O)[nH]c2c(C)cc(C)cc12. The highest BCUT2D eigenvalue weighted by atomic mass is 32.2. The minimum absolute atomic E-state index is 0.117. The molecule has 0 aliphatic heterocycles. The molecule has 180 valence electrons. The van der Waals surface area contributed by atoms with Crippen LogP contribution in [0.15, 0.2) is 69.7 Å². The monoisotopic (exact) mass is 495 g/mol. The Morgan fingerprint density at radius 1 is 1.09 bits per heavy atom. The van der Waals surface area contributed by atoms with Crippen LogP contribution in [0.3, 0.4) is 0 Å². The van der Waals surface area contributed by atoms with E-state index in [4.69, 9.17) is 4.74 Å². The molecule has 0 atom stereocenters. The first kappa shape index (κ1) is 23.7. The quantitative estimate of drug-likeness (QED) is 0.171. The summed E-state index contributed by atoms with van der Waals surface area (Å²) >= 11 is 0. The number of H-pyrrole nitrogens is 1. The summed E-state index contributed by atoms with van der Waals surface area (Å²) in [7, 11) is -2.96. The van der Waals surface area contributed by atoms with Gasteiger partial charge >= 0.3 is 0 Å². The molecule has 11 nitrogen and oxygen atoms in total. The lowest BCUT2D eigenvalue weighted by molar-refractivity contribution is -0.385. The van der Waals surface area contributed by atoms with Gasteiger partial charge in [0.1, 0.15) is 16.3 Å². The number of para-hydroxylation sites is 2. The van der Waals surface area contributed by atoms with Gasteiger partial charge < -0.3 is 14.8 Å². The number of nitro groups is 1. The standard InChI is InChI=1S/C23H21N5O6S/c1-13-10-14(2)21-16(11-13)22(23(29)24-21)26-25-18-9-8-15(28(30)31)12-20(18)35(32,33)27-17-6-4-5-7-19(17)34-3/h4-12,24,27,29H,1-3H3. The van der Waals surface area contributed by atoms with Crippen molar-refractivity contribution in [1.29, 1.82) is 0 Å². The van der Waals surface area contributed by atoms with Crippen molar-refractivity contribution in [2.45, 2.75) is 18.7 Å². The van der Waals surface area contributed by atoms with E-state index in [9.17, 15) is 23.6 Å². The maximum Gasteiger partial charge on any atom is 0.270 e. The molecule has 0 saturated heterocycles. The number of sulfonamides is 1. The summed E-state index contributed by atoms with van der Waals surface area (Å²) in [5.41, 5.74) is 2.15. The molecule has 0 spiro atoms. The molecule has 1 heterocycles. The van der Waals surface area contributed by atoms with Crippen molar-refractivity contribution < 1.29 is 23.2 Å². The molecule has 4 aromatic rings.